The van der Waals surface area contributed by atoms with Gasteiger partial charge in [-0.1, -0.05) is 48.5 Å². The van der Waals surface area contributed by atoms with Crippen LogP contribution in [0.1, 0.15) is 27.5 Å². The number of carbonyl (C=O) groups excluding carboxylic acids is 2. The number of carboxylic acid groups (broad SMARTS) is 1. The third-order valence-corrected chi connectivity index (χ3v) is 6.26. The molecule has 0 bridgehead atoms. The van der Waals surface area contributed by atoms with Crippen LogP contribution in [-0.2, 0) is 16.6 Å². The van der Waals surface area contributed by atoms with Gasteiger partial charge in [0.1, 0.15) is 12.3 Å². The molecule has 1 aliphatic carbocycles. The fourth-order valence-corrected chi connectivity index (χ4v) is 4.49. The van der Waals surface area contributed by atoms with E-state index in [1.54, 1.807) is 0 Å². The highest BCUT2D eigenvalue weighted by atomic mass is 16.5. The molecule has 5 rings (SSSR count). The number of carbonyl (C=O) groups is 3. The first-order valence-corrected chi connectivity index (χ1v) is 10.7. The van der Waals surface area contributed by atoms with E-state index >= 15 is 0 Å². The number of nitrogens with one attached hydrogen (secondary N) is 1. The van der Waals surface area contributed by atoms with Crippen LogP contribution in [0.3, 0.4) is 0 Å². The van der Waals surface area contributed by atoms with Crippen molar-refractivity contribution in [1.29, 1.82) is 0 Å². The molecule has 3 N–H and O–H groups in total. The molecule has 1 fully saturated rings. The Labute approximate surface area is 194 Å². The molecule has 0 spiro atoms. The number of ether oxygens (including phenoxy) is 1. The topological polar surface area (TPSA) is 134 Å². The summed E-state index contributed by atoms with van der Waals surface area (Å²) in [6.45, 7) is -0.497. The molecule has 0 unspecified atom stereocenters. The van der Waals surface area contributed by atoms with Gasteiger partial charge in [-0.15, -0.1) is 0 Å². The summed E-state index contributed by atoms with van der Waals surface area (Å²) < 4.78 is 6.77. The maximum atomic E-state index is 12.6. The number of benzene rings is 2. The summed E-state index contributed by atoms with van der Waals surface area (Å²) >= 11 is 0. The number of aromatic nitrogens is 2. The summed E-state index contributed by atoms with van der Waals surface area (Å²) in [6.07, 6.45) is -0.705. The molecule has 174 valence electrons. The molecule has 2 aliphatic rings. The molecule has 1 saturated heterocycles. The van der Waals surface area contributed by atoms with Gasteiger partial charge in [-0.3, -0.25) is 14.8 Å². The van der Waals surface area contributed by atoms with E-state index in [4.69, 9.17) is 9.84 Å². The summed E-state index contributed by atoms with van der Waals surface area (Å²) in [6, 6.07) is 17.4. The average Bonchev–Trinajstić information content (AvgIpc) is 3.32. The van der Waals surface area contributed by atoms with Crippen LogP contribution >= 0.6 is 0 Å². The number of hydrogen-bond donors (Lipinski definition) is 3. The van der Waals surface area contributed by atoms with E-state index in [2.05, 4.69) is 22.5 Å². The van der Waals surface area contributed by atoms with E-state index in [0.717, 1.165) is 22.3 Å². The molecule has 2 amide bonds. The number of aryl methyl sites for hydroxylation is 1. The SMILES string of the molecule is Cn1nc(NC(=O)OCC2c3ccccc3-c3ccccc32)cc1C(=O)N1CC(O)(C(=O)O)C1. The maximum Gasteiger partial charge on any atom is 0.412 e. The van der Waals surface area contributed by atoms with Gasteiger partial charge in [0, 0.05) is 19.0 Å². The van der Waals surface area contributed by atoms with Crippen molar-refractivity contribution >= 4 is 23.8 Å². The van der Waals surface area contributed by atoms with Crippen molar-refractivity contribution in [3.05, 3.63) is 71.4 Å². The van der Waals surface area contributed by atoms with E-state index in [1.165, 1.54) is 22.7 Å². The molecular formula is C24H22N4O6. The molecular weight excluding hydrogens is 440 g/mol. The maximum absolute atomic E-state index is 12.6. The zero-order chi connectivity index (χ0) is 24.0. The molecule has 2 heterocycles. The van der Waals surface area contributed by atoms with Crippen molar-refractivity contribution < 1.29 is 29.3 Å². The number of anilines is 1. The molecule has 0 atom stereocenters. The Bertz CT molecular complexity index is 1260. The summed E-state index contributed by atoms with van der Waals surface area (Å²) in [4.78, 5) is 37.3. The van der Waals surface area contributed by atoms with Gasteiger partial charge in [0.05, 0.1) is 13.1 Å². The van der Waals surface area contributed by atoms with Crippen LogP contribution in [0.25, 0.3) is 11.1 Å². The van der Waals surface area contributed by atoms with Gasteiger partial charge in [0.15, 0.2) is 11.4 Å². The number of aliphatic carboxylic acids is 1. The van der Waals surface area contributed by atoms with Crippen LogP contribution in [0.5, 0.6) is 0 Å². The second kappa shape index (κ2) is 7.99. The number of carboxylic acids is 1. The molecule has 1 aromatic heterocycles. The molecule has 3 aromatic rings. The van der Waals surface area contributed by atoms with E-state index in [9.17, 15) is 19.5 Å². The van der Waals surface area contributed by atoms with E-state index in [1.807, 2.05) is 36.4 Å². The van der Waals surface area contributed by atoms with E-state index in [-0.39, 0.29) is 37.1 Å². The van der Waals surface area contributed by atoms with Crippen molar-refractivity contribution in [1.82, 2.24) is 14.7 Å². The van der Waals surface area contributed by atoms with Crippen molar-refractivity contribution in [2.75, 3.05) is 25.0 Å². The molecule has 34 heavy (non-hydrogen) atoms. The normalized spacial score (nSPS) is 15.8. The highest BCUT2D eigenvalue weighted by Crippen LogP contribution is 2.44. The van der Waals surface area contributed by atoms with Gasteiger partial charge < -0.3 is 19.8 Å². The average molecular weight is 462 g/mol. The summed E-state index contributed by atoms with van der Waals surface area (Å²) in [5, 5.41) is 25.5. The highest BCUT2D eigenvalue weighted by molar-refractivity contribution is 5.96. The van der Waals surface area contributed by atoms with Gasteiger partial charge in [0.2, 0.25) is 0 Å². The second-order valence-electron chi connectivity index (χ2n) is 8.49. The Hall–Kier alpha value is -4.18. The number of fused-ring (bicyclic) bond motifs is 3. The first-order valence-electron chi connectivity index (χ1n) is 10.7. The first kappa shape index (κ1) is 21.7. The third-order valence-electron chi connectivity index (χ3n) is 6.26. The summed E-state index contributed by atoms with van der Waals surface area (Å²) in [7, 11) is 1.53. The number of rotatable bonds is 5. The predicted octanol–water partition coefficient (Wildman–Crippen LogP) is 2.05. The second-order valence-corrected chi connectivity index (χ2v) is 8.49. The zero-order valence-corrected chi connectivity index (χ0v) is 18.3. The molecule has 10 nitrogen and oxygen atoms in total. The summed E-state index contributed by atoms with van der Waals surface area (Å²) in [5.41, 5.74) is 2.65. The Kier molecular flexibility index (Phi) is 5.09. The van der Waals surface area contributed by atoms with Crippen LogP contribution in [0.15, 0.2) is 54.6 Å². The lowest BCUT2D eigenvalue weighted by atomic mass is 9.94. The van der Waals surface area contributed by atoms with Crippen molar-refractivity contribution in [3.63, 3.8) is 0 Å². The van der Waals surface area contributed by atoms with Crippen LogP contribution in [0.2, 0.25) is 0 Å². The Morgan fingerprint density at radius 2 is 1.68 bits per heavy atom. The number of β-amino-alcohol motifs (C(OH)–C–C–N with tert-alkyl or cyclic N) is 1. The van der Waals surface area contributed by atoms with Crippen LogP contribution in [0, 0.1) is 0 Å². The van der Waals surface area contributed by atoms with Gasteiger partial charge in [-0.25, -0.2) is 9.59 Å². The fraction of sp³-hybridized carbons (Fsp3) is 0.250. The lowest BCUT2D eigenvalue weighted by Crippen LogP contribution is -2.67. The number of aliphatic hydroxyl groups is 1. The zero-order valence-electron chi connectivity index (χ0n) is 18.3. The number of likely N-dealkylation sites (tertiary alicyclic amines) is 1. The molecule has 0 radical (unpaired) electrons. The smallest absolute Gasteiger partial charge is 0.412 e. The van der Waals surface area contributed by atoms with Crippen molar-refractivity contribution in [3.8, 4) is 11.1 Å². The van der Waals surface area contributed by atoms with Crippen LogP contribution < -0.4 is 5.32 Å². The van der Waals surface area contributed by atoms with Crippen molar-refractivity contribution in [2.45, 2.75) is 11.5 Å². The minimum absolute atomic E-state index is 0.0848. The Morgan fingerprint density at radius 1 is 1.09 bits per heavy atom. The number of nitrogens with zero attached hydrogens (tertiary/aromatic N) is 3. The van der Waals surface area contributed by atoms with Crippen LogP contribution in [0.4, 0.5) is 10.6 Å². The highest BCUT2D eigenvalue weighted by Gasteiger charge is 2.50. The Morgan fingerprint density at radius 3 is 2.26 bits per heavy atom. The third kappa shape index (κ3) is 3.57. The minimum atomic E-state index is -1.93. The summed E-state index contributed by atoms with van der Waals surface area (Å²) in [5.74, 6) is -1.84. The number of hydrogen-bond acceptors (Lipinski definition) is 6. The van der Waals surface area contributed by atoms with Gasteiger partial charge in [-0.2, -0.15) is 5.10 Å². The molecule has 10 heteroatoms. The molecule has 0 saturated carbocycles. The standard InChI is InChI=1S/C24H22N4O6/c1-27-19(21(29)28-12-24(33,13-28)22(30)31)10-20(26-27)25-23(32)34-11-18-16-8-4-2-6-14(16)15-7-3-5-9-17(15)18/h2-10,18,33H,11-13H2,1H3,(H,30,31)(H,25,26,32). The van der Waals surface area contributed by atoms with Crippen molar-refractivity contribution in [2.24, 2.45) is 7.05 Å². The number of amides is 2. The van der Waals surface area contributed by atoms with E-state index < -0.39 is 23.6 Å². The Balaban J connectivity index is 1.23. The first-order chi connectivity index (χ1) is 16.3. The van der Waals surface area contributed by atoms with Gasteiger partial charge in [-0.05, 0) is 22.3 Å². The monoisotopic (exact) mass is 462 g/mol. The molecule has 1 aliphatic heterocycles. The lowest BCUT2D eigenvalue weighted by molar-refractivity contribution is -0.173. The predicted molar refractivity (Wildman–Crippen MR) is 120 cm³/mol. The quantitative estimate of drug-likeness (QED) is 0.528. The fourth-order valence-electron chi connectivity index (χ4n) is 4.49. The van der Waals surface area contributed by atoms with E-state index in [0.29, 0.717) is 0 Å². The van der Waals surface area contributed by atoms with Crippen LogP contribution in [-0.4, -0.2) is 68.2 Å². The largest absolute Gasteiger partial charge is 0.479 e. The minimum Gasteiger partial charge on any atom is -0.479 e. The lowest BCUT2D eigenvalue weighted by Gasteiger charge is -2.42. The van der Waals surface area contributed by atoms with Gasteiger partial charge >= 0.3 is 12.1 Å². The van der Waals surface area contributed by atoms with Gasteiger partial charge in [0.25, 0.3) is 5.91 Å². The molecule has 2 aromatic carbocycles.